The van der Waals surface area contributed by atoms with E-state index in [1.807, 2.05) is 19.1 Å². The molecule has 1 aliphatic heterocycles. The van der Waals surface area contributed by atoms with Crippen LogP contribution in [0.3, 0.4) is 0 Å². The van der Waals surface area contributed by atoms with E-state index < -0.39 is 5.91 Å². The summed E-state index contributed by atoms with van der Waals surface area (Å²) >= 11 is 6.12. The first-order valence-corrected chi connectivity index (χ1v) is 8.07. The highest BCUT2D eigenvalue weighted by molar-refractivity contribution is 6.52. The number of amides is 2. The smallest absolute Gasteiger partial charge is 0.283 e. The Labute approximate surface area is 135 Å². The van der Waals surface area contributed by atoms with Gasteiger partial charge < -0.3 is 5.32 Å². The fourth-order valence-corrected chi connectivity index (χ4v) is 3.23. The molecule has 4 nitrogen and oxygen atoms in total. The lowest BCUT2D eigenvalue weighted by molar-refractivity contribution is -0.120. The van der Waals surface area contributed by atoms with Crippen LogP contribution in [0.15, 0.2) is 35.0 Å². The lowest BCUT2D eigenvalue weighted by Crippen LogP contribution is -2.37. The van der Waals surface area contributed by atoms with Crippen molar-refractivity contribution in [3.63, 3.8) is 0 Å². The average molecular weight is 319 g/mol. The lowest BCUT2D eigenvalue weighted by atomic mass is 9.95. The van der Waals surface area contributed by atoms with Gasteiger partial charge in [0.1, 0.15) is 10.7 Å². The first-order chi connectivity index (χ1) is 10.6. The number of anilines is 1. The fraction of sp³-hybridized carbons (Fsp3) is 0.412. The molecule has 1 N–H and O–H groups in total. The van der Waals surface area contributed by atoms with E-state index in [0.717, 1.165) is 36.1 Å². The molecule has 3 rings (SSSR count). The van der Waals surface area contributed by atoms with E-state index in [-0.39, 0.29) is 22.7 Å². The Balaban J connectivity index is 1.81. The number of aryl methyl sites for hydroxylation is 1. The summed E-state index contributed by atoms with van der Waals surface area (Å²) in [6.07, 6.45) is 5.55. The van der Waals surface area contributed by atoms with Crippen LogP contribution in [0.25, 0.3) is 0 Å². The second-order valence-corrected chi connectivity index (χ2v) is 6.33. The van der Waals surface area contributed by atoms with Crippen molar-refractivity contribution >= 4 is 29.1 Å². The molecule has 22 heavy (non-hydrogen) atoms. The number of halogens is 1. The van der Waals surface area contributed by atoms with Crippen LogP contribution in [-0.4, -0.2) is 17.9 Å². The molecule has 0 atom stereocenters. The summed E-state index contributed by atoms with van der Waals surface area (Å²) in [5.74, 6) is -0.807. The zero-order chi connectivity index (χ0) is 15.7. The maximum Gasteiger partial charge on any atom is 0.283 e. The van der Waals surface area contributed by atoms with E-state index in [1.165, 1.54) is 6.42 Å². The molecule has 0 aromatic heterocycles. The number of carbonyl (C=O) groups excluding carboxylic acids is 2. The van der Waals surface area contributed by atoms with Crippen molar-refractivity contribution in [3.05, 3.63) is 40.6 Å². The van der Waals surface area contributed by atoms with Crippen LogP contribution in [0.1, 0.15) is 37.7 Å². The second-order valence-electron chi connectivity index (χ2n) is 5.95. The fourth-order valence-electron chi connectivity index (χ4n) is 3.01. The number of carbonyl (C=O) groups is 2. The molecule has 0 bridgehead atoms. The standard InChI is InChI=1S/C17H19ClN2O2/c1-11-7-9-13(10-8-11)20-16(21)14(18)15(17(20)22)19-12-5-3-2-4-6-12/h7-10,12,19H,2-6H2,1H3. The van der Waals surface area contributed by atoms with Gasteiger partial charge in [-0.3, -0.25) is 9.59 Å². The van der Waals surface area contributed by atoms with E-state index >= 15 is 0 Å². The molecule has 116 valence electrons. The quantitative estimate of drug-likeness (QED) is 0.870. The van der Waals surface area contributed by atoms with E-state index in [9.17, 15) is 9.59 Å². The van der Waals surface area contributed by atoms with Crippen molar-refractivity contribution in [2.24, 2.45) is 0 Å². The van der Waals surface area contributed by atoms with Crippen molar-refractivity contribution in [2.75, 3.05) is 4.90 Å². The first-order valence-electron chi connectivity index (χ1n) is 7.69. The molecular formula is C17H19ClN2O2. The van der Waals surface area contributed by atoms with E-state index in [4.69, 9.17) is 11.6 Å². The molecule has 1 aliphatic carbocycles. The highest BCUT2D eigenvalue weighted by Gasteiger charge is 2.39. The van der Waals surface area contributed by atoms with Gasteiger partial charge in [0.05, 0.1) is 5.69 Å². The van der Waals surface area contributed by atoms with Crippen LogP contribution in [0, 0.1) is 6.92 Å². The SMILES string of the molecule is Cc1ccc(N2C(=O)C(Cl)=C(NC3CCCCC3)C2=O)cc1. The third kappa shape index (κ3) is 2.75. The largest absolute Gasteiger partial charge is 0.376 e. The number of hydrogen-bond acceptors (Lipinski definition) is 3. The summed E-state index contributed by atoms with van der Waals surface area (Å²) in [4.78, 5) is 26.1. The maximum atomic E-state index is 12.6. The lowest BCUT2D eigenvalue weighted by Gasteiger charge is -2.24. The summed E-state index contributed by atoms with van der Waals surface area (Å²) < 4.78 is 0. The number of rotatable bonds is 3. The Morgan fingerprint density at radius 2 is 1.68 bits per heavy atom. The molecule has 5 heteroatoms. The van der Waals surface area contributed by atoms with Crippen LogP contribution in [0.5, 0.6) is 0 Å². The summed E-state index contributed by atoms with van der Waals surface area (Å²) in [5.41, 5.74) is 1.88. The molecule has 2 aliphatic rings. The molecule has 1 heterocycles. The van der Waals surface area contributed by atoms with Crippen molar-refractivity contribution in [1.29, 1.82) is 0 Å². The van der Waals surface area contributed by atoms with Gasteiger partial charge >= 0.3 is 0 Å². The van der Waals surface area contributed by atoms with Gasteiger partial charge in [-0.05, 0) is 31.9 Å². The van der Waals surface area contributed by atoms with Gasteiger partial charge in [-0.25, -0.2) is 4.90 Å². The summed E-state index contributed by atoms with van der Waals surface area (Å²) in [6.45, 7) is 1.96. The van der Waals surface area contributed by atoms with Crippen LogP contribution in [-0.2, 0) is 9.59 Å². The zero-order valence-electron chi connectivity index (χ0n) is 12.6. The Hall–Kier alpha value is -1.81. The average Bonchev–Trinajstić information content (AvgIpc) is 2.73. The van der Waals surface area contributed by atoms with Gasteiger partial charge in [-0.2, -0.15) is 0 Å². The van der Waals surface area contributed by atoms with Gasteiger partial charge in [0, 0.05) is 6.04 Å². The molecule has 0 spiro atoms. The van der Waals surface area contributed by atoms with E-state index in [1.54, 1.807) is 12.1 Å². The Kier molecular flexibility index (Phi) is 4.21. The molecule has 1 fully saturated rings. The van der Waals surface area contributed by atoms with Gasteiger partial charge in [-0.15, -0.1) is 0 Å². The Morgan fingerprint density at radius 3 is 2.32 bits per heavy atom. The predicted molar refractivity (Wildman–Crippen MR) is 86.6 cm³/mol. The van der Waals surface area contributed by atoms with Crippen molar-refractivity contribution in [3.8, 4) is 0 Å². The van der Waals surface area contributed by atoms with E-state index in [2.05, 4.69) is 5.32 Å². The van der Waals surface area contributed by atoms with E-state index in [0.29, 0.717) is 5.69 Å². The minimum Gasteiger partial charge on any atom is -0.376 e. The minimum absolute atomic E-state index is 0.00357. The normalized spacial score (nSPS) is 20.0. The number of benzene rings is 1. The Morgan fingerprint density at radius 1 is 1.05 bits per heavy atom. The predicted octanol–water partition coefficient (Wildman–Crippen LogP) is 3.24. The molecular weight excluding hydrogens is 300 g/mol. The van der Waals surface area contributed by atoms with Gasteiger partial charge in [0.2, 0.25) is 0 Å². The Bertz CT molecular complexity index is 631. The molecule has 2 amide bonds. The third-order valence-corrected chi connectivity index (χ3v) is 4.62. The van der Waals surface area contributed by atoms with Crippen LogP contribution in [0.4, 0.5) is 5.69 Å². The number of hydrogen-bond donors (Lipinski definition) is 1. The molecule has 1 aromatic rings. The zero-order valence-corrected chi connectivity index (χ0v) is 13.3. The third-order valence-electron chi connectivity index (χ3n) is 4.27. The van der Waals surface area contributed by atoms with Gasteiger partial charge in [0.25, 0.3) is 11.8 Å². The van der Waals surface area contributed by atoms with Gasteiger partial charge in [0.15, 0.2) is 0 Å². The van der Waals surface area contributed by atoms with Crippen molar-refractivity contribution in [2.45, 2.75) is 45.1 Å². The van der Waals surface area contributed by atoms with Crippen LogP contribution in [0.2, 0.25) is 0 Å². The van der Waals surface area contributed by atoms with Crippen LogP contribution >= 0.6 is 11.6 Å². The maximum absolute atomic E-state index is 12.6. The number of nitrogens with zero attached hydrogens (tertiary/aromatic N) is 1. The number of nitrogens with one attached hydrogen (secondary N) is 1. The topological polar surface area (TPSA) is 49.4 Å². The molecule has 1 saturated carbocycles. The highest BCUT2D eigenvalue weighted by atomic mass is 35.5. The molecule has 0 unspecified atom stereocenters. The molecule has 1 aromatic carbocycles. The molecule has 0 radical (unpaired) electrons. The first kappa shape index (κ1) is 15.1. The van der Waals surface area contributed by atoms with Crippen LogP contribution < -0.4 is 10.2 Å². The number of imide groups is 1. The van der Waals surface area contributed by atoms with Crippen molar-refractivity contribution in [1.82, 2.24) is 5.32 Å². The van der Waals surface area contributed by atoms with Gasteiger partial charge in [-0.1, -0.05) is 48.6 Å². The van der Waals surface area contributed by atoms with Crippen molar-refractivity contribution < 1.29 is 9.59 Å². The summed E-state index contributed by atoms with van der Waals surface area (Å²) in [6, 6.07) is 7.50. The minimum atomic E-state index is -0.450. The highest BCUT2D eigenvalue weighted by Crippen LogP contribution is 2.29. The molecule has 0 saturated heterocycles. The second kappa shape index (κ2) is 6.13. The summed E-state index contributed by atoms with van der Waals surface area (Å²) in [7, 11) is 0. The summed E-state index contributed by atoms with van der Waals surface area (Å²) in [5, 5.41) is 3.19. The monoisotopic (exact) mass is 318 g/mol.